The topological polar surface area (TPSA) is 21.3 Å². The van der Waals surface area contributed by atoms with Crippen LogP contribution in [0.5, 0.6) is 0 Å². The summed E-state index contributed by atoms with van der Waals surface area (Å²) in [6.07, 6.45) is 10.4. The largest absolute Gasteiger partial charge is 0.373 e. The van der Waals surface area contributed by atoms with E-state index in [4.69, 9.17) is 4.74 Å². The van der Waals surface area contributed by atoms with Gasteiger partial charge in [-0.2, -0.15) is 0 Å². The van der Waals surface area contributed by atoms with Crippen LogP contribution in [0.25, 0.3) is 0 Å². The summed E-state index contributed by atoms with van der Waals surface area (Å²) in [4.78, 5) is 0. The number of fused-ring (bicyclic) bond motifs is 2. The molecule has 0 saturated carbocycles. The van der Waals surface area contributed by atoms with Crippen molar-refractivity contribution in [3.63, 3.8) is 0 Å². The van der Waals surface area contributed by atoms with Crippen molar-refractivity contribution in [3.8, 4) is 0 Å². The molecule has 2 aliphatic rings. The van der Waals surface area contributed by atoms with Crippen LogP contribution in [0.4, 0.5) is 0 Å². The normalized spacial score (nSPS) is 34.5. The van der Waals surface area contributed by atoms with Crippen molar-refractivity contribution in [2.75, 3.05) is 6.54 Å². The van der Waals surface area contributed by atoms with E-state index in [1.54, 1.807) is 0 Å². The summed E-state index contributed by atoms with van der Waals surface area (Å²) in [5.41, 5.74) is 0. The van der Waals surface area contributed by atoms with Crippen molar-refractivity contribution in [2.45, 2.75) is 77.0 Å². The number of nitrogens with one attached hydrogen (secondary N) is 1. The minimum absolute atomic E-state index is 0.536. The zero-order chi connectivity index (χ0) is 11.4. The first kappa shape index (κ1) is 12.4. The van der Waals surface area contributed by atoms with Crippen molar-refractivity contribution in [1.82, 2.24) is 5.32 Å². The quantitative estimate of drug-likeness (QED) is 0.719. The van der Waals surface area contributed by atoms with Crippen LogP contribution < -0.4 is 5.32 Å². The van der Waals surface area contributed by atoms with Gasteiger partial charge in [-0.15, -0.1) is 0 Å². The third-order valence-electron chi connectivity index (χ3n) is 4.32. The van der Waals surface area contributed by atoms with Gasteiger partial charge in [-0.25, -0.2) is 0 Å². The fourth-order valence-corrected chi connectivity index (χ4v) is 3.11. The monoisotopic (exact) mass is 225 g/mol. The summed E-state index contributed by atoms with van der Waals surface area (Å²) in [7, 11) is 0. The van der Waals surface area contributed by atoms with Gasteiger partial charge in [0.2, 0.25) is 0 Å². The van der Waals surface area contributed by atoms with E-state index in [0.29, 0.717) is 18.2 Å². The highest BCUT2D eigenvalue weighted by molar-refractivity contribution is 4.94. The first-order valence-corrected chi connectivity index (χ1v) is 7.22. The van der Waals surface area contributed by atoms with Crippen LogP contribution in [-0.2, 0) is 4.74 Å². The van der Waals surface area contributed by atoms with Gasteiger partial charge in [-0.3, -0.25) is 0 Å². The molecule has 2 rings (SSSR count). The van der Waals surface area contributed by atoms with E-state index in [-0.39, 0.29) is 0 Å². The van der Waals surface area contributed by atoms with Crippen molar-refractivity contribution >= 4 is 0 Å². The van der Waals surface area contributed by atoms with E-state index >= 15 is 0 Å². The number of hydrogen-bond acceptors (Lipinski definition) is 2. The highest BCUT2D eigenvalue weighted by Gasteiger charge is 2.40. The van der Waals surface area contributed by atoms with Crippen LogP contribution in [0.2, 0.25) is 0 Å². The summed E-state index contributed by atoms with van der Waals surface area (Å²) in [5, 5.41) is 3.75. The SMILES string of the molecule is CCCCC(CC)CNC1CC2CCC1O2. The molecule has 2 fully saturated rings. The summed E-state index contributed by atoms with van der Waals surface area (Å²) < 4.78 is 5.87. The summed E-state index contributed by atoms with van der Waals surface area (Å²) in [6, 6.07) is 0.662. The first-order chi connectivity index (χ1) is 7.83. The van der Waals surface area contributed by atoms with Crippen LogP contribution in [-0.4, -0.2) is 24.8 Å². The van der Waals surface area contributed by atoms with Crippen molar-refractivity contribution < 1.29 is 4.74 Å². The van der Waals surface area contributed by atoms with Crippen molar-refractivity contribution in [3.05, 3.63) is 0 Å². The van der Waals surface area contributed by atoms with Gasteiger partial charge in [0.25, 0.3) is 0 Å². The third kappa shape index (κ3) is 2.98. The summed E-state index contributed by atoms with van der Waals surface area (Å²) in [6.45, 7) is 5.80. The van der Waals surface area contributed by atoms with E-state index in [2.05, 4.69) is 19.2 Å². The molecule has 2 heterocycles. The Morgan fingerprint density at radius 1 is 1.31 bits per heavy atom. The van der Waals surface area contributed by atoms with Crippen molar-refractivity contribution in [1.29, 1.82) is 0 Å². The van der Waals surface area contributed by atoms with E-state index in [0.717, 1.165) is 5.92 Å². The average molecular weight is 225 g/mol. The molecule has 0 aromatic heterocycles. The molecule has 0 amide bonds. The van der Waals surface area contributed by atoms with E-state index < -0.39 is 0 Å². The van der Waals surface area contributed by atoms with Gasteiger partial charge in [-0.05, 0) is 38.1 Å². The second-order valence-electron chi connectivity index (χ2n) is 5.54. The lowest BCUT2D eigenvalue weighted by atomic mass is 9.94. The number of ether oxygens (including phenoxy) is 1. The Morgan fingerprint density at radius 2 is 2.19 bits per heavy atom. The zero-order valence-corrected chi connectivity index (χ0v) is 10.9. The van der Waals surface area contributed by atoms with Crippen molar-refractivity contribution in [2.24, 2.45) is 5.92 Å². The molecule has 2 heteroatoms. The minimum Gasteiger partial charge on any atom is -0.373 e. The molecule has 2 bridgehead atoms. The van der Waals surface area contributed by atoms with Crippen LogP contribution >= 0.6 is 0 Å². The standard InChI is InChI=1S/C14H27NO/c1-3-5-6-11(4-2)10-15-13-9-12-7-8-14(13)16-12/h11-15H,3-10H2,1-2H3. The van der Waals surface area contributed by atoms with Crippen LogP contribution in [0.15, 0.2) is 0 Å². The Labute approximate surface area is 100 Å². The first-order valence-electron chi connectivity index (χ1n) is 7.22. The average Bonchev–Trinajstić information content (AvgIpc) is 2.91. The molecule has 4 atom stereocenters. The Kier molecular flexibility index (Phi) is 4.66. The molecule has 0 aromatic rings. The minimum atomic E-state index is 0.536. The molecule has 2 nitrogen and oxygen atoms in total. The van der Waals surface area contributed by atoms with Gasteiger partial charge in [0.15, 0.2) is 0 Å². The Bertz CT molecular complexity index is 207. The predicted molar refractivity (Wildman–Crippen MR) is 67.6 cm³/mol. The zero-order valence-electron chi connectivity index (χ0n) is 10.9. The fraction of sp³-hybridized carbons (Fsp3) is 1.00. The Balaban J connectivity index is 1.65. The molecule has 2 saturated heterocycles. The Morgan fingerprint density at radius 3 is 2.75 bits per heavy atom. The number of hydrogen-bond donors (Lipinski definition) is 1. The summed E-state index contributed by atoms with van der Waals surface area (Å²) >= 11 is 0. The Hall–Kier alpha value is -0.0800. The predicted octanol–water partition coefficient (Wildman–Crippen LogP) is 3.11. The maximum atomic E-state index is 5.87. The maximum absolute atomic E-state index is 5.87. The smallest absolute Gasteiger partial charge is 0.0733 e. The highest BCUT2D eigenvalue weighted by atomic mass is 16.5. The second-order valence-corrected chi connectivity index (χ2v) is 5.54. The third-order valence-corrected chi connectivity index (χ3v) is 4.32. The van der Waals surface area contributed by atoms with Crippen LogP contribution in [0.1, 0.15) is 58.8 Å². The molecule has 0 radical (unpaired) electrons. The molecule has 1 N–H and O–H groups in total. The lowest BCUT2D eigenvalue weighted by Crippen LogP contribution is -2.40. The highest BCUT2D eigenvalue weighted by Crippen LogP contribution is 2.34. The van der Waals surface area contributed by atoms with Gasteiger partial charge in [-0.1, -0.05) is 33.1 Å². The van der Waals surface area contributed by atoms with Gasteiger partial charge in [0.1, 0.15) is 0 Å². The van der Waals surface area contributed by atoms with E-state index in [1.807, 2.05) is 0 Å². The lowest BCUT2D eigenvalue weighted by molar-refractivity contribution is 0.0968. The van der Waals surface area contributed by atoms with Gasteiger partial charge in [0, 0.05) is 6.04 Å². The van der Waals surface area contributed by atoms with Crippen LogP contribution in [0.3, 0.4) is 0 Å². The molecule has 0 spiro atoms. The number of unbranched alkanes of at least 4 members (excludes halogenated alkanes) is 1. The molecule has 16 heavy (non-hydrogen) atoms. The second kappa shape index (κ2) is 6.02. The van der Waals surface area contributed by atoms with E-state index in [1.165, 1.54) is 51.5 Å². The molecular weight excluding hydrogens is 198 g/mol. The maximum Gasteiger partial charge on any atom is 0.0733 e. The molecule has 2 aliphatic heterocycles. The molecule has 0 aromatic carbocycles. The molecule has 0 aliphatic carbocycles. The fourth-order valence-electron chi connectivity index (χ4n) is 3.11. The lowest BCUT2D eigenvalue weighted by Gasteiger charge is -2.23. The molecule has 4 unspecified atom stereocenters. The molecular formula is C14H27NO. The van der Waals surface area contributed by atoms with E-state index in [9.17, 15) is 0 Å². The van der Waals surface area contributed by atoms with Gasteiger partial charge < -0.3 is 10.1 Å². The summed E-state index contributed by atoms with van der Waals surface area (Å²) in [5.74, 6) is 0.874. The van der Waals surface area contributed by atoms with Gasteiger partial charge in [0.05, 0.1) is 12.2 Å². The van der Waals surface area contributed by atoms with Crippen LogP contribution in [0, 0.1) is 5.92 Å². The van der Waals surface area contributed by atoms with Gasteiger partial charge >= 0.3 is 0 Å². The number of rotatable bonds is 7. The molecule has 94 valence electrons.